The molecule has 0 aromatic carbocycles. The molecule has 418 valence electrons. The Morgan fingerprint density at radius 2 is 0.724 bits per heavy atom. The second-order valence-electron chi connectivity index (χ2n) is 25.3. The van der Waals surface area contributed by atoms with Gasteiger partial charge in [-0.15, -0.1) is 0 Å². The lowest BCUT2D eigenvalue weighted by Crippen LogP contribution is -2.19. The van der Waals surface area contributed by atoms with Gasteiger partial charge in [0.15, 0.2) is 15.3 Å². The van der Waals surface area contributed by atoms with Crippen molar-refractivity contribution in [3.63, 3.8) is 0 Å². The highest BCUT2D eigenvalue weighted by atomic mass is 79.9. The van der Waals surface area contributed by atoms with Crippen LogP contribution in [0.3, 0.4) is 0 Å². The first-order chi connectivity index (χ1) is 34.5. The molecule has 0 spiro atoms. The highest BCUT2D eigenvalue weighted by Crippen LogP contribution is 2.48. The molecule has 0 bridgehead atoms. The van der Waals surface area contributed by atoms with Gasteiger partial charge in [0.05, 0.1) is 48.8 Å². The summed E-state index contributed by atoms with van der Waals surface area (Å²) in [7, 11) is 0. The SMILES string of the molecule is C.CC(C)(C)c1nc(Br)nc(C2CC2)c1F.CC(C)(C)c1nc(Br)nc(F)c1C1CC1.CC(C)(C)c1nc(C2CC2)nc(F)c1Br.CC(C)(C)c1nc(F)nc(Br)c1C1CC1.CC(C)(C)c1nc(F)nc(C2CC2)c1Br. The molecule has 0 unspecified atom stereocenters. The Balaban J connectivity index is 0.000000175. The van der Waals surface area contributed by atoms with Gasteiger partial charge in [-0.25, -0.2) is 44.3 Å². The van der Waals surface area contributed by atoms with Gasteiger partial charge in [0, 0.05) is 56.0 Å². The summed E-state index contributed by atoms with van der Waals surface area (Å²) in [6.07, 6.45) is 9.69. The Kier molecular flexibility index (Phi) is 20.9. The molecular formula is C56H74Br5F5N10. The van der Waals surface area contributed by atoms with Gasteiger partial charge in [-0.3, -0.25) is 0 Å². The van der Waals surface area contributed by atoms with Crippen molar-refractivity contribution in [1.82, 2.24) is 49.8 Å². The average Bonchev–Trinajstić information content (AvgIpc) is 4.04. The van der Waals surface area contributed by atoms with E-state index < -0.39 is 18.1 Å². The minimum atomic E-state index is -0.642. The van der Waals surface area contributed by atoms with Crippen molar-refractivity contribution in [2.24, 2.45) is 0 Å². The van der Waals surface area contributed by atoms with E-state index in [0.717, 1.165) is 108 Å². The van der Waals surface area contributed by atoms with Crippen LogP contribution in [0.2, 0.25) is 0 Å². The number of nitrogens with zero attached hydrogens (tertiary/aromatic N) is 10. The molecule has 0 radical (unpaired) electrons. The van der Waals surface area contributed by atoms with Gasteiger partial charge in [-0.05, 0) is 156 Å². The Morgan fingerprint density at radius 3 is 1.18 bits per heavy atom. The van der Waals surface area contributed by atoms with Crippen LogP contribution in [0.1, 0.15) is 262 Å². The molecule has 0 atom stereocenters. The topological polar surface area (TPSA) is 129 Å². The number of aromatic nitrogens is 10. The van der Waals surface area contributed by atoms with Crippen molar-refractivity contribution < 1.29 is 22.0 Å². The van der Waals surface area contributed by atoms with Crippen LogP contribution < -0.4 is 0 Å². The molecule has 0 aliphatic heterocycles. The quantitative estimate of drug-likeness (QED) is 0.0953. The third-order valence-corrected chi connectivity index (χ3v) is 15.5. The first-order valence-electron chi connectivity index (χ1n) is 25.6. The molecule has 76 heavy (non-hydrogen) atoms. The van der Waals surface area contributed by atoms with Crippen molar-refractivity contribution in [1.29, 1.82) is 0 Å². The van der Waals surface area contributed by atoms with Crippen LogP contribution >= 0.6 is 79.6 Å². The molecule has 5 aliphatic rings. The fourth-order valence-corrected chi connectivity index (χ4v) is 11.2. The van der Waals surface area contributed by atoms with Crippen LogP contribution in [0, 0.1) is 29.9 Å². The van der Waals surface area contributed by atoms with E-state index in [1.807, 2.05) is 104 Å². The predicted molar refractivity (Wildman–Crippen MR) is 309 cm³/mol. The van der Waals surface area contributed by atoms with Gasteiger partial charge in [0.25, 0.3) is 0 Å². The van der Waals surface area contributed by atoms with E-state index >= 15 is 0 Å². The van der Waals surface area contributed by atoms with Crippen molar-refractivity contribution in [2.75, 3.05) is 0 Å². The summed E-state index contributed by atoms with van der Waals surface area (Å²) < 4.78 is 70.6. The fraction of sp³-hybridized carbons (Fsp3) is 0.643. The second kappa shape index (κ2) is 24.7. The highest BCUT2D eigenvalue weighted by molar-refractivity contribution is 9.11. The standard InChI is InChI=1S/5C11H14BrFN2.CH4/c1-11(2,3)8-7(12)9(13)15-10(14-8)6-4-5-6;1-11(2,3)9-7(13)8(6-4-5-6)14-10(12)15-9;1-11(2,3)9-7(12)8(6-4-5-6)14-10(13)15-9;1-11(2,3)8-7(6-4-5-6)9(13)15-10(12)14-8;1-11(2,3)8-7(6-4-5-6)9(12)15-10(13)14-8;/h5*6H,4-5H2,1-3H3;1H4. The van der Waals surface area contributed by atoms with Crippen molar-refractivity contribution in [2.45, 2.75) is 232 Å². The Hall–Kier alpha value is -2.55. The van der Waals surface area contributed by atoms with Gasteiger partial charge >= 0.3 is 12.2 Å². The number of hydrogen-bond acceptors (Lipinski definition) is 10. The largest absolute Gasteiger partial charge is 0.309 e. The van der Waals surface area contributed by atoms with Crippen LogP contribution in [0.25, 0.3) is 0 Å². The van der Waals surface area contributed by atoms with Crippen LogP contribution in [-0.2, 0) is 27.1 Å². The minimum Gasteiger partial charge on any atom is -0.236 e. The zero-order valence-corrected chi connectivity index (χ0v) is 53.6. The molecule has 5 aromatic heterocycles. The maximum atomic E-state index is 14.1. The van der Waals surface area contributed by atoms with E-state index in [4.69, 9.17) is 0 Å². The third-order valence-electron chi connectivity index (χ3n) is 12.7. The zero-order chi connectivity index (χ0) is 56.1. The maximum absolute atomic E-state index is 14.1. The zero-order valence-electron chi connectivity index (χ0n) is 45.7. The molecule has 0 amide bonds. The van der Waals surface area contributed by atoms with Crippen molar-refractivity contribution in [3.8, 4) is 0 Å². The fourth-order valence-electron chi connectivity index (χ4n) is 8.02. The Labute approximate surface area is 489 Å². The molecule has 5 heterocycles. The lowest BCUT2D eigenvalue weighted by Gasteiger charge is -2.21. The van der Waals surface area contributed by atoms with E-state index in [2.05, 4.69) is 129 Å². The second-order valence-corrected chi connectivity index (χ2v) is 29.1. The van der Waals surface area contributed by atoms with Gasteiger partial charge < -0.3 is 0 Å². The van der Waals surface area contributed by atoms with Crippen molar-refractivity contribution >= 4 is 79.6 Å². The average molecular weight is 1380 g/mol. The van der Waals surface area contributed by atoms with Crippen LogP contribution in [0.15, 0.2) is 23.0 Å². The van der Waals surface area contributed by atoms with Gasteiger partial charge in [0.1, 0.15) is 10.4 Å². The molecule has 5 aromatic rings. The first kappa shape index (κ1) is 64.3. The van der Waals surface area contributed by atoms with Crippen LogP contribution in [-0.4, -0.2) is 49.8 Å². The number of halogens is 10. The lowest BCUT2D eigenvalue weighted by atomic mass is 9.87. The molecule has 5 aliphatic carbocycles. The molecule has 0 N–H and O–H groups in total. The smallest absolute Gasteiger partial charge is 0.236 e. The van der Waals surface area contributed by atoms with Crippen molar-refractivity contribution in [3.05, 3.63) is 110 Å². The number of rotatable bonds is 5. The molecule has 5 fully saturated rings. The molecule has 10 nitrogen and oxygen atoms in total. The summed E-state index contributed by atoms with van der Waals surface area (Å²) in [6.45, 7) is 30.3. The number of hydrogen-bond donors (Lipinski definition) is 0. The Bertz CT molecular complexity index is 2700. The maximum Gasteiger partial charge on any atom is 0.309 e. The summed E-state index contributed by atoms with van der Waals surface area (Å²) in [6, 6.07) is 0. The lowest BCUT2D eigenvalue weighted by molar-refractivity contribution is 0.486. The van der Waals surface area contributed by atoms with Gasteiger partial charge in [-0.1, -0.05) is 111 Å². The van der Waals surface area contributed by atoms with Gasteiger partial charge in [0.2, 0.25) is 11.9 Å². The summed E-state index contributed by atoms with van der Waals surface area (Å²) in [4.78, 5) is 40.2. The monoisotopic (exact) mass is 1380 g/mol. The van der Waals surface area contributed by atoms with Crippen LogP contribution in [0.5, 0.6) is 0 Å². The van der Waals surface area contributed by atoms with Crippen LogP contribution in [0.4, 0.5) is 22.0 Å². The molecule has 5 saturated carbocycles. The summed E-state index contributed by atoms with van der Waals surface area (Å²) >= 11 is 16.5. The van der Waals surface area contributed by atoms with E-state index in [9.17, 15) is 22.0 Å². The third kappa shape index (κ3) is 17.5. The normalized spacial score (nSPS) is 16.6. The van der Waals surface area contributed by atoms with E-state index in [-0.39, 0.29) is 46.3 Å². The van der Waals surface area contributed by atoms with E-state index in [1.54, 1.807) is 0 Å². The highest BCUT2D eigenvalue weighted by Gasteiger charge is 2.38. The minimum absolute atomic E-state index is 0. The molecule has 0 saturated heterocycles. The summed E-state index contributed by atoms with van der Waals surface area (Å²) in [5.74, 6) is 1.65. The summed E-state index contributed by atoms with van der Waals surface area (Å²) in [5, 5.41) is 0. The Morgan fingerprint density at radius 1 is 0.342 bits per heavy atom. The molecule has 10 rings (SSSR count). The van der Waals surface area contributed by atoms with E-state index in [0.29, 0.717) is 65.3 Å². The predicted octanol–water partition coefficient (Wildman–Crippen LogP) is 18.4. The first-order valence-corrected chi connectivity index (χ1v) is 29.6. The molecular weight excluding hydrogens is 1310 g/mol. The van der Waals surface area contributed by atoms with Gasteiger partial charge in [-0.2, -0.15) is 27.5 Å². The molecule has 20 heteroatoms. The summed E-state index contributed by atoms with van der Waals surface area (Å²) in [5.41, 5.74) is 6.09. The van der Waals surface area contributed by atoms with E-state index in [1.165, 1.54) is 0 Å².